The highest BCUT2D eigenvalue weighted by Crippen LogP contribution is 2.36. The molecular weight excluding hydrogens is 701 g/mol. The molecule has 2 heterocycles. The van der Waals surface area contributed by atoms with Crippen LogP contribution in [0.3, 0.4) is 0 Å². The average Bonchev–Trinajstić information content (AvgIpc) is 3.79. The molecule has 13 heteroatoms. The molecule has 0 saturated carbocycles. The topological polar surface area (TPSA) is 88.1 Å². The molecule has 2 aromatic rings. The van der Waals surface area contributed by atoms with Crippen LogP contribution in [0.5, 0.6) is 5.75 Å². The van der Waals surface area contributed by atoms with Crippen molar-refractivity contribution in [3.8, 4) is 5.75 Å². The quantitative estimate of drug-likeness (QED) is 0.0609. The van der Waals surface area contributed by atoms with Gasteiger partial charge < -0.3 is 18.9 Å². The molecule has 46 heavy (non-hydrogen) atoms. The van der Waals surface area contributed by atoms with E-state index in [-0.39, 0.29) is 11.9 Å². The smallest absolute Gasteiger partial charge is 0.341 e. The van der Waals surface area contributed by atoms with Gasteiger partial charge in [-0.2, -0.15) is 23.5 Å². The second kappa shape index (κ2) is 20.1. The summed E-state index contributed by atoms with van der Waals surface area (Å²) in [7, 11) is 0. The maximum absolute atomic E-state index is 13.2. The molecule has 0 aromatic heterocycles. The highest BCUT2D eigenvalue weighted by Gasteiger charge is 2.27. The Morgan fingerprint density at radius 1 is 0.848 bits per heavy atom. The maximum Gasteiger partial charge on any atom is 0.341 e. The minimum absolute atomic E-state index is 0.217. The second-order valence-electron chi connectivity index (χ2n) is 10.3. The molecule has 3 atom stereocenters. The summed E-state index contributed by atoms with van der Waals surface area (Å²) in [5.74, 6) is 6.26. The molecule has 0 radical (unpaired) electrons. The number of benzene rings is 2. The highest BCUT2D eigenvalue weighted by molar-refractivity contribution is 8.20. The number of rotatable bonds is 19. The molecule has 0 amide bonds. The van der Waals surface area contributed by atoms with Crippen LogP contribution in [0, 0.1) is 0 Å². The van der Waals surface area contributed by atoms with Crippen molar-refractivity contribution in [2.45, 2.75) is 46.6 Å². The van der Waals surface area contributed by atoms with Crippen LogP contribution in [0.25, 0.3) is 10.8 Å². The minimum atomic E-state index is -1.04. The van der Waals surface area contributed by atoms with E-state index in [2.05, 4.69) is 13.2 Å². The van der Waals surface area contributed by atoms with Gasteiger partial charge in [0.2, 0.25) is 0 Å². The first-order valence-corrected chi connectivity index (χ1v) is 21.4. The molecule has 0 aliphatic carbocycles. The molecular formula is C33H40O7S6. The Morgan fingerprint density at radius 3 is 2.13 bits per heavy atom. The molecule has 3 unspecified atom stereocenters. The number of fused-ring (bicyclic) bond motifs is 1. The van der Waals surface area contributed by atoms with Gasteiger partial charge in [-0.1, -0.05) is 25.3 Å². The summed E-state index contributed by atoms with van der Waals surface area (Å²) < 4.78 is 23.9. The largest absolute Gasteiger partial charge is 0.490 e. The lowest BCUT2D eigenvalue weighted by Gasteiger charge is -2.23. The van der Waals surface area contributed by atoms with E-state index < -0.39 is 30.3 Å². The van der Waals surface area contributed by atoms with Gasteiger partial charge in [-0.15, -0.1) is 47.0 Å². The third-order valence-electron chi connectivity index (χ3n) is 6.86. The Balaban J connectivity index is 1.32. The van der Waals surface area contributed by atoms with Crippen LogP contribution in [-0.2, 0) is 23.8 Å². The van der Waals surface area contributed by atoms with Crippen molar-refractivity contribution in [2.24, 2.45) is 0 Å². The lowest BCUT2D eigenvalue weighted by Crippen LogP contribution is -2.32. The summed E-state index contributed by atoms with van der Waals surface area (Å²) in [6.45, 7) is 9.09. The van der Waals surface area contributed by atoms with Crippen molar-refractivity contribution < 1.29 is 33.3 Å². The van der Waals surface area contributed by atoms with Gasteiger partial charge in [0.25, 0.3) is 6.29 Å². The molecule has 0 spiro atoms. The third kappa shape index (κ3) is 12.5. The lowest BCUT2D eigenvalue weighted by atomic mass is 10.1. The van der Waals surface area contributed by atoms with Gasteiger partial charge in [0.1, 0.15) is 18.5 Å². The van der Waals surface area contributed by atoms with Crippen molar-refractivity contribution in [3.63, 3.8) is 0 Å². The Kier molecular flexibility index (Phi) is 16.3. The van der Waals surface area contributed by atoms with Crippen LogP contribution in [0.4, 0.5) is 0 Å². The zero-order valence-corrected chi connectivity index (χ0v) is 30.7. The van der Waals surface area contributed by atoms with Gasteiger partial charge in [-0.25, -0.2) is 14.4 Å². The summed E-state index contributed by atoms with van der Waals surface area (Å²) in [5, 5.41) is 1.45. The zero-order valence-electron chi connectivity index (χ0n) is 25.8. The summed E-state index contributed by atoms with van der Waals surface area (Å²) in [4.78, 5) is 37.1. The molecule has 2 aliphatic rings. The number of carbonyl (C=O) groups excluding carboxylic acids is 3. The maximum atomic E-state index is 13.2. The van der Waals surface area contributed by atoms with Crippen molar-refractivity contribution >= 4 is 99.3 Å². The summed E-state index contributed by atoms with van der Waals surface area (Å²) >= 11 is 11.4. The van der Waals surface area contributed by atoms with Crippen LogP contribution in [0.1, 0.15) is 30.1 Å². The van der Waals surface area contributed by atoms with E-state index in [4.69, 9.17) is 18.9 Å². The number of hydrogen-bond acceptors (Lipinski definition) is 13. The van der Waals surface area contributed by atoms with Crippen molar-refractivity contribution in [1.82, 2.24) is 0 Å². The lowest BCUT2D eigenvalue weighted by molar-refractivity contribution is -0.161. The number of ether oxygens (including phenoxy) is 4. The third-order valence-corrected chi connectivity index (χ3v) is 15.5. The Labute approximate surface area is 297 Å². The van der Waals surface area contributed by atoms with Crippen molar-refractivity contribution in [1.29, 1.82) is 0 Å². The minimum Gasteiger partial charge on any atom is -0.490 e. The van der Waals surface area contributed by atoms with Crippen LogP contribution < -0.4 is 4.74 Å². The number of thioether (sulfide) groups is 6. The molecule has 4 rings (SSSR count). The average molecular weight is 741 g/mol. The highest BCUT2D eigenvalue weighted by atomic mass is 32.2. The van der Waals surface area contributed by atoms with E-state index >= 15 is 0 Å². The molecule has 2 saturated heterocycles. The van der Waals surface area contributed by atoms with Crippen molar-refractivity contribution in [3.05, 3.63) is 67.3 Å². The monoisotopic (exact) mass is 740 g/mol. The SMILES string of the molecule is C=CC(=O)OC(COc1ccc2cc(C(=O)OC(OC(=O)C=C)C(C)SCCC3SCCS3)ccc2c1)CSCCC1SCCS1. The summed E-state index contributed by atoms with van der Waals surface area (Å²) in [6.07, 6.45) is 2.95. The molecule has 2 fully saturated rings. The van der Waals surface area contributed by atoms with E-state index in [1.165, 1.54) is 29.1 Å². The normalized spacial score (nSPS) is 17.2. The second-order valence-corrected chi connectivity index (χ2v) is 18.8. The van der Waals surface area contributed by atoms with Gasteiger partial charge in [0, 0.05) is 40.9 Å². The molecule has 2 aliphatic heterocycles. The van der Waals surface area contributed by atoms with Gasteiger partial charge >= 0.3 is 17.9 Å². The standard InChI is InChI=1S/C33H40O7S6/c1-4-28(34)38-27(21-41-12-10-30-43-14-15-44-30)20-37-26-9-8-23-18-25(7-6-24(23)19-26)32(36)40-33(39-29(35)5-2)22(3)42-13-11-31-45-16-17-46-31/h4-9,18-19,22,27,30-31,33H,1-2,10-17,20-21H2,3H3. The molecule has 250 valence electrons. The fourth-order valence-electron chi connectivity index (χ4n) is 4.48. The Hall–Kier alpha value is -1.51. The molecule has 2 aromatic carbocycles. The van der Waals surface area contributed by atoms with Crippen molar-refractivity contribution in [2.75, 3.05) is 46.9 Å². The van der Waals surface area contributed by atoms with Crippen LogP contribution in [-0.4, -0.2) is 91.6 Å². The number of hydrogen-bond donors (Lipinski definition) is 0. The Bertz CT molecular complexity index is 1330. The molecule has 7 nitrogen and oxygen atoms in total. The number of carbonyl (C=O) groups is 3. The van der Waals surface area contributed by atoms with Gasteiger partial charge in [0.15, 0.2) is 0 Å². The van der Waals surface area contributed by atoms with E-state index in [9.17, 15) is 14.4 Å². The summed E-state index contributed by atoms with van der Waals surface area (Å²) in [5.41, 5.74) is 0.347. The first-order valence-electron chi connectivity index (χ1n) is 15.0. The predicted molar refractivity (Wildman–Crippen MR) is 201 cm³/mol. The fraction of sp³-hybridized carbons (Fsp3) is 0.485. The van der Waals surface area contributed by atoms with E-state index in [1.54, 1.807) is 35.7 Å². The van der Waals surface area contributed by atoms with Crippen LogP contribution in [0.15, 0.2) is 61.7 Å². The first-order chi connectivity index (χ1) is 22.3. The van der Waals surface area contributed by atoms with Gasteiger partial charge in [-0.3, -0.25) is 0 Å². The molecule has 0 N–H and O–H groups in total. The molecule has 0 bridgehead atoms. The van der Waals surface area contributed by atoms with E-state index in [1.807, 2.05) is 78.2 Å². The first kappa shape index (κ1) is 37.3. The number of esters is 3. The van der Waals surface area contributed by atoms with E-state index in [0.717, 1.165) is 41.2 Å². The van der Waals surface area contributed by atoms with Crippen LogP contribution in [0.2, 0.25) is 0 Å². The van der Waals surface area contributed by atoms with Gasteiger partial charge in [-0.05, 0) is 66.3 Å². The zero-order chi connectivity index (χ0) is 32.7. The van der Waals surface area contributed by atoms with Gasteiger partial charge in [0.05, 0.1) is 20.0 Å². The van der Waals surface area contributed by atoms with E-state index in [0.29, 0.717) is 26.2 Å². The van der Waals surface area contributed by atoms with Crippen LogP contribution >= 0.6 is 70.6 Å². The predicted octanol–water partition coefficient (Wildman–Crippen LogP) is 7.78. The Morgan fingerprint density at radius 2 is 1.46 bits per heavy atom. The fourth-order valence-corrected chi connectivity index (χ4v) is 12.7. The summed E-state index contributed by atoms with van der Waals surface area (Å²) in [6, 6.07) is 10.8.